The first-order valence-electron chi connectivity index (χ1n) is 4.36. The fourth-order valence-electron chi connectivity index (χ4n) is 1.46. The number of pyridine rings is 1. The molecule has 0 spiro atoms. The van der Waals surface area contributed by atoms with Crippen molar-refractivity contribution >= 4 is 17.5 Å². The maximum absolute atomic E-state index is 11.3. The molecule has 1 fully saturated rings. The normalized spacial score (nSPS) is 27.9. The minimum Gasteiger partial charge on any atom is -0.298 e. The van der Waals surface area contributed by atoms with Crippen LogP contribution in [-0.4, -0.2) is 16.0 Å². The van der Waals surface area contributed by atoms with E-state index in [9.17, 15) is 4.79 Å². The highest BCUT2D eigenvalue weighted by Gasteiger charge is 2.31. The van der Waals surface area contributed by atoms with Crippen molar-refractivity contribution in [1.29, 1.82) is 0 Å². The minimum atomic E-state index is 0.145. The van der Waals surface area contributed by atoms with Crippen molar-refractivity contribution in [2.24, 2.45) is 0 Å². The van der Waals surface area contributed by atoms with Gasteiger partial charge >= 0.3 is 0 Å². The van der Waals surface area contributed by atoms with Crippen LogP contribution in [0.15, 0.2) is 24.4 Å². The minimum absolute atomic E-state index is 0.145. The third kappa shape index (κ3) is 1.75. The van der Waals surface area contributed by atoms with E-state index in [2.05, 4.69) is 4.98 Å². The lowest BCUT2D eigenvalue weighted by molar-refractivity contribution is -0.117. The third-order valence-electron chi connectivity index (χ3n) is 2.23. The molecule has 2 atom stereocenters. The largest absolute Gasteiger partial charge is 0.298 e. The van der Waals surface area contributed by atoms with Crippen molar-refractivity contribution in [1.82, 2.24) is 4.98 Å². The predicted molar refractivity (Wildman–Crippen MR) is 53.7 cm³/mol. The summed E-state index contributed by atoms with van der Waals surface area (Å²) in [5, 5.41) is 0.427. The second kappa shape index (κ2) is 3.50. The second-order valence-electron chi connectivity index (χ2n) is 3.19. The van der Waals surface area contributed by atoms with Gasteiger partial charge in [-0.05, 0) is 19.1 Å². The van der Waals surface area contributed by atoms with Crippen molar-refractivity contribution in [3.05, 3.63) is 30.1 Å². The summed E-state index contributed by atoms with van der Waals surface area (Å²) >= 11 is 1.71. The van der Waals surface area contributed by atoms with E-state index in [1.807, 2.05) is 25.1 Å². The van der Waals surface area contributed by atoms with Crippen LogP contribution in [0.5, 0.6) is 0 Å². The summed E-state index contributed by atoms with van der Waals surface area (Å²) in [6.07, 6.45) is 2.42. The van der Waals surface area contributed by atoms with Crippen LogP contribution in [0.25, 0.3) is 0 Å². The average Bonchev–Trinajstić information content (AvgIpc) is 2.49. The van der Waals surface area contributed by atoms with Gasteiger partial charge in [0.15, 0.2) is 0 Å². The van der Waals surface area contributed by atoms with Crippen LogP contribution in [0.3, 0.4) is 0 Å². The molecular formula is C10H11NOS. The molecule has 2 heterocycles. The van der Waals surface area contributed by atoms with Gasteiger partial charge < -0.3 is 0 Å². The van der Waals surface area contributed by atoms with E-state index in [0.29, 0.717) is 12.2 Å². The van der Waals surface area contributed by atoms with Crippen LogP contribution in [0.2, 0.25) is 0 Å². The number of aromatic nitrogens is 1. The van der Waals surface area contributed by atoms with Crippen LogP contribution >= 0.6 is 11.8 Å². The summed E-state index contributed by atoms with van der Waals surface area (Å²) in [6.45, 7) is 1.97. The Morgan fingerprint density at radius 2 is 2.38 bits per heavy atom. The first-order chi connectivity index (χ1) is 6.27. The number of Topliss-reactive ketones (excluding diaryl/α,β-unsaturated/α-hetero) is 1. The monoisotopic (exact) mass is 193 g/mol. The first kappa shape index (κ1) is 8.75. The summed E-state index contributed by atoms with van der Waals surface area (Å²) in [5.74, 6) is 0.348. The smallest absolute Gasteiger partial charge is 0.147 e. The molecule has 1 aliphatic rings. The average molecular weight is 193 g/mol. The maximum atomic E-state index is 11.3. The number of carbonyl (C=O) groups is 1. The Bertz CT molecular complexity index is 312. The molecule has 0 aliphatic carbocycles. The maximum Gasteiger partial charge on any atom is 0.147 e. The highest BCUT2D eigenvalue weighted by molar-refractivity contribution is 8.01. The van der Waals surface area contributed by atoms with Gasteiger partial charge in [0.25, 0.3) is 0 Å². The molecule has 1 saturated heterocycles. The summed E-state index contributed by atoms with van der Waals surface area (Å²) in [4.78, 5) is 15.6. The first-order valence-corrected chi connectivity index (χ1v) is 5.31. The molecule has 2 unspecified atom stereocenters. The van der Waals surface area contributed by atoms with Crippen molar-refractivity contribution in [3.8, 4) is 0 Å². The lowest BCUT2D eigenvalue weighted by Crippen LogP contribution is -2.03. The Kier molecular flexibility index (Phi) is 2.36. The van der Waals surface area contributed by atoms with E-state index >= 15 is 0 Å². The molecule has 13 heavy (non-hydrogen) atoms. The molecule has 0 bridgehead atoms. The van der Waals surface area contributed by atoms with Crippen molar-refractivity contribution in [2.75, 3.05) is 0 Å². The van der Waals surface area contributed by atoms with E-state index in [4.69, 9.17) is 0 Å². The fraction of sp³-hybridized carbons (Fsp3) is 0.400. The van der Waals surface area contributed by atoms with E-state index in [1.165, 1.54) is 0 Å². The molecule has 0 radical (unpaired) electrons. The zero-order valence-corrected chi connectivity index (χ0v) is 8.25. The van der Waals surface area contributed by atoms with Gasteiger partial charge in [-0.25, -0.2) is 0 Å². The van der Waals surface area contributed by atoms with E-state index < -0.39 is 0 Å². The Balaban J connectivity index is 2.17. The molecule has 0 saturated carbocycles. The highest BCUT2D eigenvalue weighted by Crippen LogP contribution is 2.41. The van der Waals surface area contributed by atoms with Gasteiger partial charge in [-0.3, -0.25) is 9.78 Å². The Morgan fingerprint density at radius 3 is 2.92 bits per heavy atom. The molecule has 0 N–H and O–H groups in total. The molecule has 1 aliphatic heterocycles. The summed E-state index contributed by atoms with van der Waals surface area (Å²) < 4.78 is 0. The number of nitrogens with zero attached hydrogens (tertiary/aromatic N) is 1. The number of thioether (sulfide) groups is 1. The second-order valence-corrected chi connectivity index (χ2v) is 4.74. The Labute approximate surface area is 81.8 Å². The third-order valence-corrected chi connectivity index (χ3v) is 3.63. The molecule has 0 amide bonds. The van der Waals surface area contributed by atoms with Gasteiger partial charge in [0, 0.05) is 12.6 Å². The topological polar surface area (TPSA) is 30.0 Å². The molecule has 2 rings (SSSR count). The number of rotatable bonds is 1. The zero-order chi connectivity index (χ0) is 9.26. The van der Waals surface area contributed by atoms with Gasteiger partial charge in [-0.2, -0.15) is 0 Å². The van der Waals surface area contributed by atoms with Gasteiger partial charge in [0.05, 0.1) is 16.2 Å². The standard InChI is InChI=1S/C10H11NOS/c1-7-9(12)6-10(13-7)8-4-2-3-5-11-8/h2-5,7,10H,6H2,1H3. The SMILES string of the molecule is CC1SC(c2ccccn2)CC1=O. The molecule has 2 nitrogen and oxygen atoms in total. The molecule has 1 aromatic heterocycles. The Morgan fingerprint density at radius 1 is 1.54 bits per heavy atom. The van der Waals surface area contributed by atoms with Crippen LogP contribution in [0.1, 0.15) is 24.3 Å². The van der Waals surface area contributed by atoms with Crippen molar-refractivity contribution < 1.29 is 4.79 Å². The summed E-state index contributed by atoms with van der Waals surface area (Å²) in [6, 6.07) is 5.85. The van der Waals surface area contributed by atoms with Crippen LogP contribution < -0.4 is 0 Å². The number of hydrogen-bond donors (Lipinski definition) is 0. The van der Waals surface area contributed by atoms with E-state index in [0.717, 1.165) is 5.69 Å². The van der Waals surface area contributed by atoms with Crippen LogP contribution in [0, 0.1) is 0 Å². The van der Waals surface area contributed by atoms with Crippen molar-refractivity contribution in [3.63, 3.8) is 0 Å². The molecule has 3 heteroatoms. The number of ketones is 1. The van der Waals surface area contributed by atoms with Gasteiger partial charge in [0.2, 0.25) is 0 Å². The van der Waals surface area contributed by atoms with Crippen LogP contribution in [-0.2, 0) is 4.79 Å². The molecule has 1 aromatic rings. The number of hydrogen-bond acceptors (Lipinski definition) is 3. The zero-order valence-electron chi connectivity index (χ0n) is 7.43. The van der Waals surface area contributed by atoms with Gasteiger partial charge in [0.1, 0.15) is 5.78 Å². The quantitative estimate of drug-likeness (QED) is 0.685. The highest BCUT2D eigenvalue weighted by atomic mass is 32.2. The van der Waals surface area contributed by atoms with Crippen LogP contribution in [0.4, 0.5) is 0 Å². The van der Waals surface area contributed by atoms with Gasteiger partial charge in [-0.15, -0.1) is 11.8 Å². The van der Waals surface area contributed by atoms with Gasteiger partial charge in [-0.1, -0.05) is 6.07 Å². The number of carbonyl (C=O) groups excluding carboxylic acids is 1. The molecule has 68 valence electrons. The molecule has 0 aromatic carbocycles. The molecular weight excluding hydrogens is 182 g/mol. The summed E-state index contributed by atoms with van der Waals surface area (Å²) in [7, 11) is 0. The fourth-order valence-corrected chi connectivity index (χ4v) is 2.74. The van der Waals surface area contributed by atoms with Crippen molar-refractivity contribution in [2.45, 2.75) is 23.8 Å². The van der Waals surface area contributed by atoms with E-state index in [1.54, 1.807) is 18.0 Å². The summed E-state index contributed by atoms with van der Waals surface area (Å²) in [5.41, 5.74) is 1.03. The lowest BCUT2D eigenvalue weighted by atomic mass is 10.1. The Hall–Kier alpha value is -0.830. The lowest BCUT2D eigenvalue weighted by Gasteiger charge is -2.05. The van der Waals surface area contributed by atoms with E-state index in [-0.39, 0.29) is 10.5 Å². The predicted octanol–water partition coefficient (Wildman–Crippen LogP) is 2.22.